The summed E-state index contributed by atoms with van der Waals surface area (Å²) in [7, 11) is 1.71. The first-order chi connectivity index (χ1) is 13.5. The molecule has 28 heavy (non-hydrogen) atoms. The standard InChI is InChI=1S/C22H20ClN3O2/c1-15-17(23)10-6-11-18(15)25-21(27)19-12-7-13-20(24-19)22(28)26(2)14-16-8-4-3-5-9-16/h3-13H,14H2,1-2H3,(H,25,27). The fourth-order valence-electron chi connectivity index (χ4n) is 2.73. The molecule has 0 aliphatic carbocycles. The summed E-state index contributed by atoms with van der Waals surface area (Å²) in [4.78, 5) is 31.1. The van der Waals surface area contributed by atoms with Crippen molar-refractivity contribution in [3.05, 3.63) is 94.3 Å². The van der Waals surface area contributed by atoms with Gasteiger partial charge in [0.05, 0.1) is 0 Å². The maximum Gasteiger partial charge on any atom is 0.274 e. The molecule has 0 saturated carbocycles. The van der Waals surface area contributed by atoms with Crippen LogP contribution in [0.5, 0.6) is 0 Å². The van der Waals surface area contributed by atoms with Crippen molar-refractivity contribution >= 4 is 29.1 Å². The van der Waals surface area contributed by atoms with Crippen LogP contribution in [0.15, 0.2) is 66.7 Å². The number of carbonyl (C=O) groups excluding carboxylic acids is 2. The zero-order valence-electron chi connectivity index (χ0n) is 15.6. The number of hydrogen-bond donors (Lipinski definition) is 1. The van der Waals surface area contributed by atoms with Crippen molar-refractivity contribution in [1.82, 2.24) is 9.88 Å². The molecule has 2 aromatic carbocycles. The van der Waals surface area contributed by atoms with Gasteiger partial charge in [-0.25, -0.2) is 4.98 Å². The number of halogens is 1. The van der Waals surface area contributed by atoms with Gasteiger partial charge in [0.15, 0.2) is 0 Å². The zero-order valence-corrected chi connectivity index (χ0v) is 16.4. The summed E-state index contributed by atoms with van der Waals surface area (Å²) in [6, 6.07) is 19.8. The fraction of sp³-hybridized carbons (Fsp3) is 0.136. The first kappa shape index (κ1) is 19.6. The van der Waals surface area contributed by atoms with E-state index in [-0.39, 0.29) is 17.3 Å². The predicted octanol–water partition coefficient (Wildman–Crippen LogP) is 4.57. The highest BCUT2D eigenvalue weighted by atomic mass is 35.5. The van der Waals surface area contributed by atoms with Gasteiger partial charge < -0.3 is 10.2 Å². The molecule has 0 aliphatic rings. The lowest BCUT2D eigenvalue weighted by Gasteiger charge is -2.17. The minimum atomic E-state index is -0.397. The first-order valence-corrected chi connectivity index (χ1v) is 9.16. The van der Waals surface area contributed by atoms with E-state index < -0.39 is 5.91 Å². The Labute approximate surface area is 169 Å². The summed E-state index contributed by atoms with van der Waals surface area (Å²) in [6.07, 6.45) is 0. The third-order valence-corrected chi connectivity index (χ3v) is 4.74. The number of aromatic nitrogens is 1. The maximum absolute atomic E-state index is 12.7. The molecule has 1 heterocycles. The fourth-order valence-corrected chi connectivity index (χ4v) is 2.91. The molecule has 3 aromatic rings. The highest BCUT2D eigenvalue weighted by molar-refractivity contribution is 6.31. The second kappa shape index (κ2) is 8.67. The average molecular weight is 394 g/mol. The van der Waals surface area contributed by atoms with Crippen molar-refractivity contribution in [2.24, 2.45) is 0 Å². The minimum Gasteiger partial charge on any atom is -0.336 e. The summed E-state index contributed by atoms with van der Waals surface area (Å²) in [5, 5.41) is 3.36. The Bertz CT molecular complexity index is 1010. The van der Waals surface area contributed by atoms with E-state index in [0.29, 0.717) is 17.3 Å². The number of anilines is 1. The molecule has 0 aliphatic heterocycles. The van der Waals surface area contributed by atoms with Gasteiger partial charge in [0.2, 0.25) is 0 Å². The molecule has 0 atom stereocenters. The molecule has 6 heteroatoms. The largest absolute Gasteiger partial charge is 0.336 e. The zero-order chi connectivity index (χ0) is 20.1. The number of benzene rings is 2. The van der Waals surface area contributed by atoms with Gasteiger partial charge in [-0.3, -0.25) is 9.59 Å². The summed E-state index contributed by atoms with van der Waals surface area (Å²) < 4.78 is 0. The van der Waals surface area contributed by atoms with E-state index in [1.165, 1.54) is 0 Å². The normalized spacial score (nSPS) is 10.4. The van der Waals surface area contributed by atoms with Gasteiger partial charge in [0, 0.05) is 24.3 Å². The molecular weight excluding hydrogens is 374 g/mol. The average Bonchev–Trinajstić information content (AvgIpc) is 2.71. The monoisotopic (exact) mass is 393 g/mol. The third-order valence-electron chi connectivity index (χ3n) is 4.33. The Kier molecular flexibility index (Phi) is 6.06. The summed E-state index contributed by atoms with van der Waals surface area (Å²) >= 11 is 6.09. The van der Waals surface area contributed by atoms with Gasteiger partial charge in [0.1, 0.15) is 11.4 Å². The number of pyridine rings is 1. The van der Waals surface area contributed by atoms with Crippen LogP contribution in [0.1, 0.15) is 32.1 Å². The highest BCUT2D eigenvalue weighted by Gasteiger charge is 2.17. The van der Waals surface area contributed by atoms with Gasteiger partial charge in [-0.2, -0.15) is 0 Å². The topological polar surface area (TPSA) is 62.3 Å². The molecule has 2 amide bonds. The number of carbonyl (C=O) groups is 2. The van der Waals surface area contributed by atoms with Gasteiger partial charge >= 0.3 is 0 Å². The van der Waals surface area contributed by atoms with E-state index in [0.717, 1.165) is 11.1 Å². The van der Waals surface area contributed by atoms with Crippen molar-refractivity contribution in [3.63, 3.8) is 0 Å². The van der Waals surface area contributed by atoms with Crippen LogP contribution in [0.4, 0.5) is 5.69 Å². The van der Waals surface area contributed by atoms with E-state index in [9.17, 15) is 9.59 Å². The van der Waals surface area contributed by atoms with Crippen LogP contribution in [0.2, 0.25) is 5.02 Å². The molecule has 142 valence electrons. The minimum absolute atomic E-state index is 0.165. The van der Waals surface area contributed by atoms with Crippen LogP contribution in [0, 0.1) is 6.92 Å². The van der Waals surface area contributed by atoms with Crippen molar-refractivity contribution < 1.29 is 9.59 Å². The molecule has 3 rings (SSSR count). The van der Waals surface area contributed by atoms with Crippen molar-refractivity contribution in [2.45, 2.75) is 13.5 Å². The van der Waals surface area contributed by atoms with Gasteiger partial charge in [0.25, 0.3) is 11.8 Å². The number of nitrogens with one attached hydrogen (secondary N) is 1. The number of rotatable bonds is 5. The Hall–Kier alpha value is -3.18. The molecule has 0 radical (unpaired) electrons. The van der Waals surface area contributed by atoms with Gasteiger partial charge in [-0.15, -0.1) is 0 Å². The Balaban J connectivity index is 1.75. The Morgan fingerprint density at radius 1 is 0.964 bits per heavy atom. The van der Waals surface area contributed by atoms with Crippen LogP contribution >= 0.6 is 11.6 Å². The predicted molar refractivity (Wildman–Crippen MR) is 111 cm³/mol. The van der Waals surface area contributed by atoms with Gasteiger partial charge in [-0.05, 0) is 42.3 Å². The number of amides is 2. The summed E-state index contributed by atoms with van der Waals surface area (Å²) in [6.45, 7) is 2.28. The molecule has 0 spiro atoms. The van der Waals surface area contributed by atoms with Gasteiger partial charge in [-0.1, -0.05) is 54.1 Å². The number of hydrogen-bond acceptors (Lipinski definition) is 3. The van der Waals surface area contributed by atoms with Crippen LogP contribution in [0.3, 0.4) is 0 Å². The van der Waals surface area contributed by atoms with Crippen LogP contribution < -0.4 is 5.32 Å². The van der Waals surface area contributed by atoms with E-state index >= 15 is 0 Å². The quantitative estimate of drug-likeness (QED) is 0.690. The number of nitrogens with zero attached hydrogens (tertiary/aromatic N) is 2. The lowest BCUT2D eigenvalue weighted by atomic mass is 10.2. The molecular formula is C22H20ClN3O2. The SMILES string of the molecule is Cc1c(Cl)cccc1NC(=O)c1cccc(C(=O)N(C)Cc2ccccc2)n1. The smallest absolute Gasteiger partial charge is 0.274 e. The second-order valence-corrected chi connectivity index (χ2v) is 6.83. The van der Waals surface area contributed by atoms with E-state index in [1.54, 1.807) is 48.3 Å². The molecule has 0 bridgehead atoms. The molecule has 1 aromatic heterocycles. The molecule has 0 saturated heterocycles. The van der Waals surface area contributed by atoms with E-state index in [1.807, 2.05) is 37.3 Å². The van der Waals surface area contributed by atoms with Crippen LogP contribution in [-0.2, 0) is 6.54 Å². The second-order valence-electron chi connectivity index (χ2n) is 6.42. The van der Waals surface area contributed by atoms with Crippen molar-refractivity contribution in [3.8, 4) is 0 Å². The van der Waals surface area contributed by atoms with Crippen LogP contribution in [-0.4, -0.2) is 28.7 Å². The third kappa shape index (κ3) is 4.56. The Morgan fingerprint density at radius 2 is 1.64 bits per heavy atom. The van der Waals surface area contributed by atoms with E-state index in [2.05, 4.69) is 10.3 Å². The lowest BCUT2D eigenvalue weighted by Crippen LogP contribution is -2.27. The summed E-state index contributed by atoms with van der Waals surface area (Å²) in [5.74, 6) is -0.650. The first-order valence-electron chi connectivity index (χ1n) is 8.78. The highest BCUT2D eigenvalue weighted by Crippen LogP contribution is 2.23. The maximum atomic E-state index is 12.7. The van der Waals surface area contributed by atoms with Crippen LogP contribution in [0.25, 0.3) is 0 Å². The van der Waals surface area contributed by atoms with Crippen molar-refractivity contribution in [2.75, 3.05) is 12.4 Å². The molecule has 1 N–H and O–H groups in total. The van der Waals surface area contributed by atoms with Crippen molar-refractivity contribution in [1.29, 1.82) is 0 Å². The lowest BCUT2D eigenvalue weighted by molar-refractivity contribution is 0.0779. The summed E-state index contributed by atoms with van der Waals surface area (Å²) in [5.41, 5.74) is 2.78. The molecule has 0 unspecified atom stereocenters. The molecule has 5 nitrogen and oxygen atoms in total. The Morgan fingerprint density at radius 3 is 2.39 bits per heavy atom. The molecule has 0 fully saturated rings. The van der Waals surface area contributed by atoms with E-state index in [4.69, 9.17) is 11.6 Å².